The van der Waals surface area contributed by atoms with Gasteiger partial charge in [0, 0.05) is 37.8 Å². The Labute approximate surface area is 145 Å². The number of carbonyl (C=O) groups excluding carboxylic acids is 1. The van der Waals surface area contributed by atoms with Crippen molar-refractivity contribution >= 4 is 5.91 Å². The first-order chi connectivity index (χ1) is 12.2. The van der Waals surface area contributed by atoms with Crippen LogP contribution in [0.2, 0.25) is 0 Å². The minimum absolute atomic E-state index is 0.0426. The number of amides is 1. The summed E-state index contributed by atoms with van der Waals surface area (Å²) in [7, 11) is 1.79. The minimum atomic E-state index is 0.0426. The summed E-state index contributed by atoms with van der Waals surface area (Å²) in [5.74, 6) is 1.98. The number of aromatic nitrogens is 5. The molecular formula is C18H20N6O. The lowest BCUT2D eigenvalue weighted by molar-refractivity contribution is 0.0700. The van der Waals surface area contributed by atoms with E-state index in [2.05, 4.69) is 20.3 Å². The van der Waals surface area contributed by atoms with Crippen molar-refractivity contribution in [2.75, 3.05) is 13.1 Å². The van der Waals surface area contributed by atoms with Crippen molar-refractivity contribution in [1.29, 1.82) is 0 Å². The van der Waals surface area contributed by atoms with Crippen LogP contribution in [0.1, 0.15) is 35.1 Å². The van der Waals surface area contributed by atoms with E-state index in [1.54, 1.807) is 24.0 Å². The summed E-state index contributed by atoms with van der Waals surface area (Å²) in [6, 6.07) is 11.7. The van der Waals surface area contributed by atoms with Crippen LogP contribution in [0.15, 0.2) is 42.6 Å². The number of aryl methyl sites for hydroxylation is 1. The molecule has 7 nitrogen and oxygen atoms in total. The maximum atomic E-state index is 12.5. The van der Waals surface area contributed by atoms with Gasteiger partial charge in [0.05, 0.1) is 0 Å². The molecule has 1 aliphatic rings. The van der Waals surface area contributed by atoms with Gasteiger partial charge in [-0.2, -0.15) is 10.2 Å². The van der Waals surface area contributed by atoms with Crippen molar-refractivity contribution in [2.45, 2.75) is 18.8 Å². The van der Waals surface area contributed by atoms with Crippen LogP contribution < -0.4 is 0 Å². The summed E-state index contributed by atoms with van der Waals surface area (Å²) < 4.78 is 1.62. The molecule has 0 spiro atoms. The Hall–Kier alpha value is -2.96. The summed E-state index contributed by atoms with van der Waals surface area (Å²) >= 11 is 0. The zero-order valence-corrected chi connectivity index (χ0v) is 14.1. The molecule has 0 atom stereocenters. The molecule has 1 amide bonds. The number of piperidine rings is 1. The van der Waals surface area contributed by atoms with Gasteiger partial charge < -0.3 is 4.90 Å². The normalized spacial score (nSPS) is 15.5. The topological polar surface area (TPSA) is 79.7 Å². The molecule has 7 heteroatoms. The zero-order valence-electron chi connectivity index (χ0n) is 14.1. The Balaban J connectivity index is 1.42. The van der Waals surface area contributed by atoms with Gasteiger partial charge in [-0.1, -0.05) is 30.3 Å². The van der Waals surface area contributed by atoms with Crippen molar-refractivity contribution in [3.63, 3.8) is 0 Å². The van der Waals surface area contributed by atoms with Gasteiger partial charge in [0.15, 0.2) is 5.82 Å². The summed E-state index contributed by atoms with van der Waals surface area (Å²) in [5, 5.41) is 11.5. The average molecular weight is 336 g/mol. The molecule has 1 aliphatic heterocycles. The third-order valence-corrected chi connectivity index (χ3v) is 4.74. The highest BCUT2D eigenvalue weighted by Gasteiger charge is 2.27. The fourth-order valence-electron chi connectivity index (χ4n) is 3.27. The van der Waals surface area contributed by atoms with E-state index < -0.39 is 0 Å². The van der Waals surface area contributed by atoms with E-state index in [9.17, 15) is 4.79 Å². The van der Waals surface area contributed by atoms with E-state index in [0.717, 1.165) is 43.1 Å². The lowest BCUT2D eigenvalue weighted by Gasteiger charge is -2.30. The molecule has 1 fully saturated rings. The number of hydrogen-bond acceptors (Lipinski definition) is 4. The first kappa shape index (κ1) is 15.6. The van der Waals surface area contributed by atoms with Crippen LogP contribution >= 0.6 is 0 Å². The first-order valence-corrected chi connectivity index (χ1v) is 8.47. The second-order valence-corrected chi connectivity index (χ2v) is 6.32. The Kier molecular flexibility index (Phi) is 4.05. The van der Waals surface area contributed by atoms with E-state index in [4.69, 9.17) is 0 Å². The highest BCUT2D eigenvalue weighted by atomic mass is 16.2. The maximum Gasteiger partial charge on any atom is 0.272 e. The highest BCUT2D eigenvalue weighted by molar-refractivity contribution is 5.92. The summed E-state index contributed by atoms with van der Waals surface area (Å²) in [6.07, 6.45) is 3.42. The van der Waals surface area contributed by atoms with Gasteiger partial charge in [-0.15, -0.1) is 0 Å². The largest absolute Gasteiger partial charge is 0.337 e. The number of nitrogens with one attached hydrogen (secondary N) is 1. The molecular weight excluding hydrogens is 316 g/mol. The van der Waals surface area contributed by atoms with Crippen LogP contribution in [-0.4, -0.2) is 48.9 Å². The standard InChI is InChI=1S/C18H20N6O/c1-23-15(7-10-19-23)18(25)24-11-8-14(9-12-24)17-20-16(21-22-17)13-5-3-2-4-6-13/h2-7,10,14H,8-9,11-12H2,1H3,(H,20,21,22). The van der Waals surface area contributed by atoms with Crippen molar-refractivity contribution < 1.29 is 4.79 Å². The fourth-order valence-corrected chi connectivity index (χ4v) is 3.27. The number of rotatable bonds is 3. The predicted molar refractivity (Wildman–Crippen MR) is 92.9 cm³/mol. The first-order valence-electron chi connectivity index (χ1n) is 8.47. The Bertz CT molecular complexity index is 861. The van der Waals surface area contributed by atoms with Crippen LogP contribution in [0.5, 0.6) is 0 Å². The molecule has 0 bridgehead atoms. The predicted octanol–water partition coefficient (Wildman–Crippen LogP) is 2.22. The molecule has 0 saturated carbocycles. The van der Waals surface area contributed by atoms with E-state index in [0.29, 0.717) is 11.6 Å². The second kappa shape index (κ2) is 6.51. The van der Waals surface area contributed by atoms with Gasteiger partial charge in [-0.05, 0) is 18.9 Å². The quantitative estimate of drug-likeness (QED) is 0.795. The summed E-state index contributed by atoms with van der Waals surface area (Å²) in [4.78, 5) is 19.1. The number of aromatic amines is 1. The molecule has 1 N–H and O–H groups in total. The summed E-state index contributed by atoms with van der Waals surface area (Å²) in [6.45, 7) is 1.44. The van der Waals surface area contributed by atoms with Crippen LogP contribution in [0, 0.1) is 0 Å². The second-order valence-electron chi connectivity index (χ2n) is 6.32. The monoisotopic (exact) mass is 336 g/mol. The van der Waals surface area contributed by atoms with Crippen LogP contribution in [0.3, 0.4) is 0 Å². The van der Waals surface area contributed by atoms with Crippen LogP contribution in [0.4, 0.5) is 0 Å². The molecule has 4 rings (SSSR count). The molecule has 3 aromatic rings. The third kappa shape index (κ3) is 3.05. The van der Waals surface area contributed by atoms with Crippen molar-refractivity contribution in [3.8, 4) is 11.4 Å². The van der Waals surface area contributed by atoms with E-state index in [1.165, 1.54) is 0 Å². The molecule has 0 radical (unpaired) electrons. The average Bonchev–Trinajstić information content (AvgIpc) is 3.31. The van der Waals surface area contributed by atoms with Gasteiger partial charge in [0.2, 0.25) is 0 Å². The van der Waals surface area contributed by atoms with Crippen LogP contribution in [-0.2, 0) is 7.05 Å². The Morgan fingerprint density at radius 1 is 1.16 bits per heavy atom. The number of H-pyrrole nitrogens is 1. The van der Waals surface area contributed by atoms with Gasteiger partial charge in [0.1, 0.15) is 11.5 Å². The van der Waals surface area contributed by atoms with Gasteiger partial charge >= 0.3 is 0 Å². The number of nitrogens with zero attached hydrogens (tertiary/aromatic N) is 5. The van der Waals surface area contributed by atoms with E-state index >= 15 is 0 Å². The maximum absolute atomic E-state index is 12.5. The van der Waals surface area contributed by atoms with Crippen molar-refractivity contribution in [1.82, 2.24) is 29.9 Å². The number of likely N-dealkylation sites (tertiary alicyclic amines) is 1. The molecule has 1 saturated heterocycles. The minimum Gasteiger partial charge on any atom is -0.337 e. The van der Waals surface area contributed by atoms with Crippen molar-refractivity contribution in [2.24, 2.45) is 7.05 Å². The molecule has 0 unspecified atom stereocenters. The van der Waals surface area contributed by atoms with E-state index in [-0.39, 0.29) is 5.91 Å². The summed E-state index contributed by atoms with van der Waals surface area (Å²) in [5.41, 5.74) is 1.64. The van der Waals surface area contributed by atoms with E-state index in [1.807, 2.05) is 35.2 Å². The fraction of sp³-hybridized carbons (Fsp3) is 0.333. The smallest absolute Gasteiger partial charge is 0.272 e. The van der Waals surface area contributed by atoms with Gasteiger partial charge in [-0.3, -0.25) is 14.6 Å². The number of carbonyl (C=O) groups is 1. The SMILES string of the molecule is Cn1nccc1C(=O)N1CCC(c2nc(-c3ccccc3)n[nH]2)CC1. The molecule has 0 aliphatic carbocycles. The third-order valence-electron chi connectivity index (χ3n) is 4.74. The van der Waals surface area contributed by atoms with Gasteiger partial charge in [0.25, 0.3) is 5.91 Å². The number of benzene rings is 1. The lowest BCUT2D eigenvalue weighted by Crippen LogP contribution is -2.38. The molecule has 2 aromatic heterocycles. The van der Waals surface area contributed by atoms with Gasteiger partial charge in [-0.25, -0.2) is 4.98 Å². The Morgan fingerprint density at radius 2 is 1.92 bits per heavy atom. The Morgan fingerprint density at radius 3 is 2.60 bits per heavy atom. The van der Waals surface area contributed by atoms with Crippen molar-refractivity contribution in [3.05, 3.63) is 54.1 Å². The van der Waals surface area contributed by atoms with Crippen LogP contribution in [0.25, 0.3) is 11.4 Å². The zero-order chi connectivity index (χ0) is 17.2. The number of hydrogen-bond donors (Lipinski definition) is 1. The molecule has 1 aromatic carbocycles. The lowest BCUT2D eigenvalue weighted by atomic mass is 9.96. The molecule has 25 heavy (non-hydrogen) atoms. The molecule has 128 valence electrons. The molecule has 3 heterocycles. The highest BCUT2D eigenvalue weighted by Crippen LogP contribution is 2.27.